The number of rotatable bonds is 0. The SMILES string of the molecule is [2H]C12CC3([2H])CC([2H])(C1)CC([2H])(C2)C3. The average Bonchev–Trinajstić information content (AvgIpc) is 1.67. The fourth-order valence-electron chi connectivity index (χ4n) is 2.87. The molecule has 56 valence electrons. The zero-order valence-electron chi connectivity index (χ0n) is 10.2. The van der Waals surface area contributed by atoms with Gasteiger partial charge in [-0.1, -0.05) is 0 Å². The van der Waals surface area contributed by atoms with Gasteiger partial charge in [-0.25, -0.2) is 0 Å². The molecule has 4 saturated carbocycles. The van der Waals surface area contributed by atoms with Crippen molar-refractivity contribution in [3.05, 3.63) is 0 Å². The minimum absolute atomic E-state index is 0.598. The van der Waals surface area contributed by atoms with Crippen molar-refractivity contribution in [2.75, 3.05) is 0 Å². The Labute approximate surface area is 68.6 Å². The van der Waals surface area contributed by atoms with E-state index in [-0.39, 0.29) is 0 Å². The third-order valence-corrected chi connectivity index (χ3v) is 3.00. The van der Waals surface area contributed by atoms with E-state index >= 15 is 0 Å². The maximum atomic E-state index is 8.23. The van der Waals surface area contributed by atoms with Crippen LogP contribution in [0.4, 0.5) is 0 Å². The molecule has 0 aromatic heterocycles. The van der Waals surface area contributed by atoms with E-state index in [0.717, 1.165) is 0 Å². The van der Waals surface area contributed by atoms with E-state index in [9.17, 15) is 0 Å². The summed E-state index contributed by atoms with van der Waals surface area (Å²) in [6.45, 7) is 0. The summed E-state index contributed by atoms with van der Waals surface area (Å²) < 4.78 is 32.9. The molecule has 0 aromatic carbocycles. The Balaban J connectivity index is 2.08. The van der Waals surface area contributed by atoms with Crippen molar-refractivity contribution in [1.82, 2.24) is 0 Å². The summed E-state index contributed by atoms with van der Waals surface area (Å²) in [7, 11) is 0. The second-order valence-electron chi connectivity index (χ2n) is 4.06. The maximum Gasteiger partial charge on any atom is 0.0303 e. The lowest BCUT2D eigenvalue weighted by molar-refractivity contribution is 0.0198. The second kappa shape index (κ2) is 1.78. The summed E-state index contributed by atoms with van der Waals surface area (Å²) in [5, 5.41) is 0. The largest absolute Gasteiger partial charge is 0.0475 e. The van der Waals surface area contributed by atoms with Crippen molar-refractivity contribution in [2.24, 2.45) is 23.6 Å². The summed E-state index contributed by atoms with van der Waals surface area (Å²) in [6, 6.07) is 0. The van der Waals surface area contributed by atoms with Crippen LogP contribution in [0.15, 0.2) is 0 Å². The summed E-state index contributed by atoms with van der Waals surface area (Å²) in [5.74, 6) is -2.50. The smallest absolute Gasteiger partial charge is 0.0303 e. The fourth-order valence-corrected chi connectivity index (χ4v) is 2.87. The van der Waals surface area contributed by atoms with Crippen LogP contribution in [0, 0.1) is 23.6 Å². The van der Waals surface area contributed by atoms with Crippen molar-refractivity contribution >= 4 is 0 Å². The quantitative estimate of drug-likeness (QED) is 0.485. The Morgan fingerprint density at radius 3 is 1.00 bits per heavy atom. The molecule has 10 heavy (non-hydrogen) atoms. The lowest BCUT2D eigenvalue weighted by Crippen LogP contribution is -2.38. The van der Waals surface area contributed by atoms with Crippen LogP contribution in [0.25, 0.3) is 0 Å². The highest BCUT2D eigenvalue weighted by molar-refractivity contribution is 4.92. The molecular weight excluding hydrogens is 120 g/mol. The van der Waals surface area contributed by atoms with Gasteiger partial charge in [-0.2, -0.15) is 0 Å². The predicted octanol–water partition coefficient (Wildman–Crippen LogP) is 2.83. The van der Waals surface area contributed by atoms with Crippen molar-refractivity contribution in [1.29, 1.82) is 0 Å². The minimum Gasteiger partial charge on any atom is -0.0475 e. The second-order valence-corrected chi connectivity index (χ2v) is 4.06. The summed E-state index contributed by atoms with van der Waals surface area (Å²) in [5.41, 5.74) is 0. The highest BCUT2D eigenvalue weighted by atomic mass is 14.5. The first-order valence-corrected chi connectivity index (χ1v) is 4.24. The molecule has 0 heterocycles. The average molecular weight is 140 g/mol. The molecule has 0 aliphatic heterocycles. The maximum absolute atomic E-state index is 8.23. The predicted molar refractivity (Wildman–Crippen MR) is 41.7 cm³/mol. The summed E-state index contributed by atoms with van der Waals surface area (Å²) in [4.78, 5) is 0. The molecule has 0 spiro atoms. The van der Waals surface area contributed by atoms with Crippen molar-refractivity contribution < 1.29 is 5.48 Å². The van der Waals surface area contributed by atoms with Crippen LogP contribution in [0.1, 0.15) is 44.0 Å². The highest BCUT2D eigenvalue weighted by Gasteiger charge is 2.41. The number of hydrogen-bond donors (Lipinski definition) is 0. The topological polar surface area (TPSA) is 0 Å². The molecule has 0 heteroatoms. The molecule has 0 N–H and O–H groups in total. The van der Waals surface area contributed by atoms with Gasteiger partial charge in [0.2, 0.25) is 0 Å². The highest BCUT2D eigenvalue weighted by Crippen LogP contribution is 2.53. The molecule has 0 nitrogen and oxygen atoms in total. The third-order valence-electron chi connectivity index (χ3n) is 3.00. The molecule has 0 unspecified atom stereocenters. The first-order chi connectivity index (χ1) is 6.24. The van der Waals surface area contributed by atoms with Gasteiger partial charge in [-0.15, -0.1) is 0 Å². The normalized spacial score (nSPS) is 92.8. The third kappa shape index (κ3) is 0.681. The zero-order chi connectivity index (χ0) is 10.2. The Morgan fingerprint density at radius 1 is 0.600 bits per heavy atom. The van der Waals surface area contributed by atoms with Crippen LogP contribution >= 0.6 is 0 Å². The number of hydrogen-bond acceptors (Lipinski definition) is 0. The molecule has 0 saturated heterocycles. The first kappa shape index (κ1) is 3.16. The molecule has 4 bridgehead atoms. The van der Waals surface area contributed by atoms with Gasteiger partial charge in [0.1, 0.15) is 0 Å². The Morgan fingerprint density at radius 2 is 0.800 bits per heavy atom. The molecule has 4 aliphatic rings. The lowest BCUT2D eigenvalue weighted by atomic mass is 9.56. The Bertz CT molecular complexity index is 205. The van der Waals surface area contributed by atoms with Gasteiger partial charge in [-0.05, 0) is 62.1 Å². The van der Waals surface area contributed by atoms with Crippen molar-refractivity contribution in [3.63, 3.8) is 0 Å². The van der Waals surface area contributed by atoms with Crippen LogP contribution in [0.3, 0.4) is 0 Å². The monoisotopic (exact) mass is 140 g/mol. The van der Waals surface area contributed by atoms with Crippen molar-refractivity contribution in [3.8, 4) is 0 Å². The van der Waals surface area contributed by atoms with Gasteiger partial charge in [0.15, 0.2) is 0 Å². The van der Waals surface area contributed by atoms with Gasteiger partial charge < -0.3 is 0 Å². The Kier molecular flexibility index (Phi) is 0.562. The molecule has 0 atom stereocenters. The van der Waals surface area contributed by atoms with Crippen LogP contribution in [-0.2, 0) is 0 Å². The molecule has 4 fully saturated rings. The molecule has 0 amide bonds. The standard InChI is InChI=1S/C10H16/c1-7-2-9-4-8(1)5-10(3-7)6-9/h7-10H,1-6H2/i7D,8D,9D,10D. The van der Waals surface area contributed by atoms with Crippen LogP contribution in [0.2, 0.25) is 0 Å². The minimum atomic E-state index is -0.625. The van der Waals surface area contributed by atoms with Crippen molar-refractivity contribution in [2.45, 2.75) is 38.5 Å². The summed E-state index contributed by atoms with van der Waals surface area (Å²) >= 11 is 0. The van der Waals surface area contributed by atoms with Gasteiger partial charge in [0, 0.05) is 5.48 Å². The van der Waals surface area contributed by atoms with Gasteiger partial charge >= 0.3 is 0 Å². The van der Waals surface area contributed by atoms with Gasteiger partial charge in [0.25, 0.3) is 0 Å². The summed E-state index contributed by atoms with van der Waals surface area (Å²) in [6.07, 6.45) is 3.59. The molecule has 4 aliphatic carbocycles. The van der Waals surface area contributed by atoms with Gasteiger partial charge in [0.05, 0.1) is 0 Å². The van der Waals surface area contributed by atoms with E-state index < -0.39 is 23.6 Å². The van der Waals surface area contributed by atoms with E-state index in [1.165, 1.54) is 0 Å². The van der Waals surface area contributed by atoms with Crippen LogP contribution < -0.4 is 0 Å². The Hall–Kier alpha value is 0. The molecule has 4 rings (SSSR count). The van der Waals surface area contributed by atoms with Crippen LogP contribution in [-0.4, -0.2) is 0 Å². The first-order valence-electron chi connectivity index (χ1n) is 6.24. The van der Waals surface area contributed by atoms with E-state index in [0.29, 0.717) is 38.5 Å². The van der Waals surface area contributed by atoms with E-state index in [1.54, 1.807) is 0 Å². The zero-order valence-corrected chi connectivity index (χ0v) is 6.24. The fraction of sp³-hybridized carbons (Fsp3) is 1.00. The lowest BCUT2D eigenvalue weighted by Gasteiger charge is -2.49. The van der Waals surface area contributed by atoms with E-state index in [1.807, 2.05) is 0 Å². The van der Waals surface area contributed by atoms with Gasteiger partial charge in [-0.3, -0.25) is 0 Å². The molecular formula is C10H16. The van der Waals surface area contributed by atoms with Crippen LogP contribution in [0.5, 0.6) is 0 Å². The van der Waals surface area contributed by atoms with E-state index in [4.69, 9.17) is 5.48 Å². The molecule has 0 aromatic rings. The van der Waals surface area contributed by atoms with E-state index in [2.05, 4.69) is 0 Å². The molecule has 0 radical (unpaired) electrons.